The van der Waals surface area contributed by atoms with Gasteiger partial charge in [-0.3, -0.25) is 5.10 Å². The molecule has 1 aromatic heterocycles. The summed E-state index contributed by atoms with van der Waals surface area (Å²) in [5.41, 5.74) is 1.12. The first-order chi connectivity index (χ1) is 8.86. The molecule has 18 heavy (non-hydrogen) atoms. The van der Waals surface area contributed by atoms with Crippen LogP contribution in [-0.4, -0.2) is 42.7 Å². The zero-order valence-electron chi connectivity index (χ0n) is 10.5. The van der Waals surface area contributed by atoms with Gasteiger partial charge in [0, 0.05) is 31.6 Å². The van der Waals surface area contributed by atoms with Crippen LogP contribution in [0.3, 0.4) is 0 Å². The van der Waals surface area contributed by atoms with Crippen LogP contribution in [0.1, 0.15) is 6.92 Å². The van der Waals surface area contributed by atoms with E-state index in [4.69, 9.17) is 4.79 Å². The van der Waals surface area contributed by atoms with Crippen LogP contribution in [0.25, 0.3) is 10.9 Å². The number of aromatic amines is 1. The fourth-order valence-electron chi connectivity index (χ4n) is 2.07. The van der Waals surface area contributed by atoms with Crippen molar-refractivity contribution >= 4 is 23.0 Å². The Kier molecular flexibility index (Phi) is 4.30. The average molecular weight is 246 g/mol. The first-order valence-corrected chi connectivity index (χ1v) is 6.15. The lowest BCUT2D eigenvalue weighted by atomic mass is 10.2. The summed E-state index contributed by atoms with van der Waals surface area (Å²) in [6.45, 7) is 5.60. The largest absolute Gasteiger partial charge is 0.352 e. The van der Waals surface area contributed by atoms with E-state index in [-0.39, 0.29) is 0 Å². The van der Waals surface area contributed by atoms with E-state index >= 15 is 0 Å². The molecule has 0 bridgehead atoms. The molecule has 0 atom stereocenters. The second-order valence-electron chi connectivity index (χ2n) is 4.07. The van der Waals surface area contributed by atoms with E-state index in [2.05, 4.69) is 38.6 Å². The number of carbonyl (C=O) groups excluding carboxylic acids is 1. The Bertz CT molecular complexity index is 502. The average Bonchev–Trinajstić information content (AvgIpc) is 2.84. The van der Waals surface area contributed by atoms with Crippen molar-refractivity contribution in [1.82, 2.24) is 15.5 Å². The summed E-state index contributed by atoms with van der Waals surface area (Å²) < 4.78 is 0. The van der Waals surface area contributed by atoms with Crippen LogP contribution < -0.4 is 10.2 Å². The molecule has 1 aliphatic heterocycles. The summed E-state index contributed by atoms with van der Waals surface area (Å²) >= 11 is 0. The molecule has 1 aromatic carbocycles. The minimum atomic E-state index is 0.750. The number of anilines is 1. The molecule has 2 aromatic rings. The lowest BCUT2D eigenvalue weighted by Gasteiger charge is -2.27. The molecule has 0 spiro atoms. The summed E-state index contributed by atoms with van der Waals surface area (Å²) in [7, 11) is 0. The van der Waals surface area contributed by atoms with Crippen molar-refractivity contribution < 1.29 is 4.79 Å². The maximum Gasteiger partial charge on any atom is 0.158 e. The predicted molar refractivity (Wildman–Crippen MR) is 72.9 cm³/mol. The zero-order valence-corrected chi connectivity index (χ0v) is 10.5. The number of fused-ring (bicyclic) bond motifs is 1. The number of nitrogens with one attached hydrogen (secondary N) is 2. The third kappa shape index (κ3) is 2.68. The number of hydrogen-bond donors (Lipinski definition) is 2. The van der Waals surface area contributed by atoms with E-state index in [0.717, 1.165) is 43.8 Å². The topological polar surface area (TPSA) is 61.0 Å². The Morgan fingerprint density at radius 3 is 2.67 bits per heavy atom. The molecule has 1 saturated heterocycles. The van der Waals surface area contributed by atoms with Gasteiger partial charge in [-0.1, -0.05) is 12.1 Å². The van der Waals surface area contributed by atoms with Crippen molar-refractivity contribution in [2.24, 2.45) is 0 Å². The van der Waals surface area contributed by atoms with Crippen molar-refractivity contribution in [3.05, 3.63) is 24.3 Å². The smallest absolute Gasteiger partial charge is 0.158 e. The number of rotatable bonds is 1. The first kappa shape index (κ1) is 12.6. The van der Waals surface area contributed by atoms with Crippen molar-refractivity contribution in [2.75, 3.05) is 31.1 Å². The number of para-hydroxylation sites is 1. The molecule has 96 valence electrons. The summed E-state index contributed by atoms with van der Waals surface area (Å²) in [6, 6.07) is 8.27. The van der Waals surface area contributed by atoms with Crippen LogP contribution in [0, 0.1) is 0 Å². The normalized spacial score (nSPS) is 15.1. The van der Waals surface area contributed by atoms with Crippen LogP contribution in [0.5, 0.6) is 0 Å². The number of carbonyl (C=O) groups is 1. The maximum absolute atomic E-state index is 8.81. The predicted octanol–water partition coefficient (Wildman–Crippen LogP) is 1.18. The molecule has 0 aliphatic carbocycles. The zero-order chi connectivity index (χ0) is 12.8. The van der Waals surface area contributed by atoms with Gasteiger partial charge in [-0.25, -0.2) is 0 Å². The Balaban J connectivity index is 0.000000367. The Morgan fingerprint density at radius 2 is 1.94 bits per heavy atom. The Labute approximate surface area is 106 Å². The second kappa shape index (κ2) is 6.16. The minimum Gasteiger partial charge on any atom is -0.352 e. The molecule has 0 amide bonds. The third-order valence-corrected chi connectivity index (χ3v) is 2.87. The highest BCUT2D eigenvalue weighted by Gasteiger charge is 2.15. The first-order valence-electron chi connectivity index (χ1n) is 6.15. The molecule has 3 rings (SSSR count). The van der Waals surface area contributed by atoms with Crippen LogP contribution in [-0.2, 0) is 4.79 Å². The van der Waals surface area contributed by atoms with Gasteiger partial charge in [-0.15, -0.1) is 0 Å². The summed E-state index contributed by atoms with van der Waals surface area (Å²) in [4.78, 5) is 11.1. The van der Waals surface area contributed by atoms with Gasteiger partial charge in [0.15, 0.2) is 5.82 Å². The minimum absolute atomic E-state index is 0.750. The number of H-pyrrole nitrogens is 1. The highest BCUT2D eigenvalue weighted by atomic mass is 16.1. The van der Waals surface area contributed by atoms with E-state index in [1.165, 1.54) is 12.3 Å². The van der Waals surface area contributed by atoms with Crippen LogP contribution >= 0.6 is 0 Å². The maximum atomic E-state index is 8.81. The van der Waals surface area contributed by atoms with Crippen molar-refractivity contribution in [3.63, 3.8) is 0 Å². The standard InChI is InChI=1S/C11H14N4.C2H4O/c1-2-4-10-9(3-1)11(14-13-10)15-7-5-12-6-8-15;1-2-3/h1-4,12H,5-8H2,(H,13,14);2H,1H3. The molecular weight excluding hydrogens is 228 g/mol. The third-order valence-electron chi connectivity index (χ3n) is 2.87. The Morgan fingerprint density at radius 1 is 1.28 bits per heavy atom. The highest BCUT2D eigenvalue weighted by molar-refractivity contribution is 5.90. The highest BCUT2D eigenvalue weighted by Crippen LogP contribution is 2.23. The number of hydrogen-bond acceptors (Lipinski definition) is 4. The molecule has 5 nitrogen and oxygen atoms in total. The quantitative estimate of drug-likeness (QED) is 0.742. The van der Waals surface area contributed by atoms with Gasteiger partial charge in [0.1, 0.15) is 6.29 Å². The van der Waals surface area contributed by atoms with Gasteiger partial charge in [0.25, 0.3) is 0 Å². The van der Waals surface area contributed by atoms with E-state index in [9.17, 15) is 0 Å². The fourth-order valence-corrected chi connectivity index (χ4v) is 2.07. The lowest BCUT2D eigenvalue weighted by Crippen LogP contribution is -2.43. The fraction of sp³-hybridized carbons (Fsp3) is 0.385. The van der Waals surface area contributed by atoms with Crippen molar-refractivity contribution in [1.29, 1.82) is 0 Å². The van der Waals surface area contributed by atoms with Crippen LogP contribution in [0.15, 0.2) is 24.3 Å². The van der Waals surface area contributed by atoms with Crippen molar-refractivity contribution in [3.8, 4) is 0 Å². The molecule has 1 fully saturated rings. The number of benzene rings is 1. The molecule has 2 N–H and O–H groups in total. The number of aldehydes is 1. The number of nitrogens with zero attached hydrogens (tertiary/aromatic N) is 2. The van der Waals surface area contributed by atoms with Crippen molar-refractivity contribution in [2.45, 2.75) is 6.92 Å². The van der Waals surface area contributed by atoms with Crippen LogP contribution in [0.2, 0.25) is 0 Å². The van der Waals surface area contributed by atoms with Gasteiger partial charge in [-0.2, -0.15) is 5.10 Å². The van der Waals surface area contributed by atoms with E-state index in [1.54, 1.807) is 0 Å². The molecule has 0 radical (unpaired) electrons. The summed E-state index contributed by atoms with van der Waals surface area (Å²) in [6.07, 6.45) is 0.750. The molecule has 2 heterocycles. The summed E-state index contributed by atoms with van der Waals surface area (Å²) in [5, 5.41) is 12.0. The second-order valence-corrected chi connectivity index (χ2v) is 4.07. The van der Waals surface area contributed by atoms with Gasteiger partial charge in [0.2, 0.25) is 0 Å². The van der Waals surface area contributed by atoms with Gasteiger partial charge >= 0.3 is 0 Å². The lowest BCUT2D eigenvalue weighted by molar-refractivity contribution is -0.106. The Hall–Kier alpha value is -1.88. The van der Waals surface area contributed by atoms with E-state index in [0.29, 0.717) is 0 Å². The molecule has 5 heteroatoms. The SMILES string of the molecule is CC=O.c1ccc2c(N3CCNCC3)n[nH]c2c1. The molecule has 1 aliphatic rings. The summed E-state index contributed by atoms with van der Waals surface area (Å²) in [5.74, 6) is 1.09. The van der Waals surface area contributed by atoms with E-state index in [1.807, 2.05) is 6.07 Å². The molecular formula is C13H18N4O. The van der Waals surface area contributed by atoms with Gasteiger partial charge < -0.3 is 15.0 Å². The number of aromatic nitrogens is 2. The van der Waals surface area contributed by atoms with Gasteiger partial charge in [-0.05, 0) is 19.1 Å². The van der Waals surface area contributed by atoms with E-state index < -0.39 is 0 Å². The van der Waals surface area contributed by atoms with Crippen LogP contribution in [0.4, 0.5) is 5.82 Å². The molecule has 0 saturated carbocycles. The monoisotopic (exact) mass is 246 g/mol. The number of piperazine rings is 1. The van der Waals surface area contributed by atoms with Gasteiger partial charge in [0.05, 0.1) is 5.52 Å². The molecule has 0 unspecified atom stereocenters.